The third-order valence-electron chi connectivity index (χ3n) is 4.13. The van der Waals surface area contributed by atoms with Gasteiger partial charge in [-0.3, -0.25) is 0 Å². The predicted molar refractivity (Wildman–Crippen MR) is 61.9 cm³/mol. The smallest absolute Gasteiger partial charge is 0.150 e. The Morgan fingerprint density at radius 1 is 1.50 bits per heavy atom. The molecule has 0 spiro atoms. The molecule has 2 aliphatic rings. The van der Waals surface area contributed by atoms with Gasteiger partial charge in [0.25, 0.3) is 0 Å². The highest BCUT2D eigenvalue weighted by atomic mass is 15.3. The Morgan fingerprint density at radius 2 is 2.44 bits per heavy atom. The van der Waals surface area contributed by atoms with Crippen molar-refractivity contribution in [3.63, 3.8) is 0 Å². The number of aryl methyl sites for hydroxylation is 1. The summed E-state index contributed by atoms with van der Waals surface area (Å²) in [6.07, 6.45) is 7.18. The predicted octanol–water partition coefficient (Wildman–Crippen LogP) is 1.75. The minimum atomic E-state index is 0.460. The number of nitrogens with zero attached hydrogens (tertiary/aromatic N) is 3. The molecule has 0 aromatic carbocycles. The number of rotatable bonds is 3. The van der Waals surface area contributed by atoms with Crippen molar-refractivity contribution >= 4 is 0 Å². The topological polar surface area (TPSA) is 42.7 Å². The summed E-state index contributed by atoms with van der Waals surface area (Å²) in [7, 11) is 0. The number of nitrogens with one attached hydrogen (secondary N) is 1. The molecule has 1 N–H and O–H groups in total. The molecule has 1 saturated carbocycles. The van der Waals surface area contributed by atoms with E-state index in [9.17, 15) is 0 Å². The lowest BCUT2D eigenvalue weighted by Crippen LogP contribution is -2.22. The van der Waals surface area contributed by atoms with Gasteiger partial charge in [-0.25, -0.2) is 0 Å². The number of aromatic nitrogens is 3. The first-order valence-corrected chi connectivity index (χ1v) is 6.51. The first-order chi connectivity index (χ1) is 7.90. The minimum absolute atomic E-state index is 0.460. The molecular weight excluding hydrogens is 200 g/mol. The number of fused-ring (bicyclic) bond motifs is 1. The zero-order chi connectivity index (χ0) is 11.0. The lowest BCUT2D eigenvalue weighted by molar-refractivity contribution is 0.394. The Morgan fingerprint density at radius 3 is 3.31 bits per heavy atom. The molecule has 3 unspecified atom stereocenters. The van der Waals surface area contributed by atoms with Crippen molar-refractivity contribution in [2.45, 2.75) is 45.2 Å². The highest BCUT2D eigenvalue weighted by molar-refractivity contribution is 5.05. The van der Waals surface area contributed by atoms with Crippen molar-refractivity contribution in [3.05, 3.63) is 12.2 Å². The molecule has 1 aliphatic heterocycles. The van der Waals surface area contributed by atoms with E-state index in [0.717, 1.165) is 30.6 Å². The van der Waals surface area contributed by atoms with E-state index in [4.69, 9.17) is 0 Å². The van der Waals surface area contributed by atoms with Crippen LogP contribution in [0.2, 0.25) is 0 Å². The van der Waals surface area contributed by atoms with Gasteiger partial charge in [0, 0.05) is 6.54 Å². The lowest BCUT2D eigenvalue weighted by Gasteiger charge is -2.18. The molecule has 2 heterocycles. The fraction of sp³-hybridized carbons (Fsp3) is 0.833. The third kappa shape index (κ3) is 1.56. The summed E-state index contributed by atoms with van der Waals surface area (Å²) >= 11 is 0. The second kappa shape index (κ2) is 4.17. The van der Waals surface area contributed by atoms with Gasteiger partial charge in [-0.1, -0.05) is 13.3 Å². The Hall–Kier alpha value is -0.900. The van der Waals surface area contributed by atoms with Gasteiger partial charge in [-0.05, 0) is 37.6 Å². The molecule has 2 fully saturated rings. The maximum absolute atomic E-state index is 4.33. The van der Waals surface area contributed by atoms with Crippen LogP contribution in [0, 0.1) is 11.8 Å². The van der Waals surface area contributed by atoms with Gasteiger partial charge in [-0.15, -0.1) is 10.2 Å². The second-order valence-corrected chi connectivity index (χ2v) is 5.12. The molecule has 1 aromatic heterocycles. The van der Waals surface area contributed by atoms with Crippen molar-refractivity contribution < 1.29 is 0 Å². The summed E-state index contributed by atoms with van der Waals surface area (Å²) in [5.74, 6) is 2.85. The summed E-state index contributed by atoms with van der Waals surface area (Å²) in [6.45, 7) is 4.41. The van der Waals surface area contributed by atoms with E-state index in [-0.39, 0.29) is 0 Å². The van der Waals surface area contributed by atoms with Crippen LogP contribution >= 0.6 is 0 Å². The molecular formula is C12H20N4. The van der Waals surface area contributed by atoms with Gasteiger partial charge >= 0.3 is 0 Å². The van der Waals surface area contributed by atoms with Gasteiger partial charge in [0.15, 0.2) is 0 Å². The maximum atomic E-state index is 4.33. The van der Waals surface area contributed by atoms with E-state index in [1.54, 1.807) is 0 Å². The van der Waals surface area contributed by atoms with Crippen molar-refractivity contribution in [2.24, 2.45) is 11.8 Å². The van der Waals surface area contributed by atoms with Gasteiger partial charge in [0.2, 0.25) is 0 Å². The molecule has 0 amide bonds. The van der Waals surface area contributed by atoms with Gasteiger partial charge in [0.05, 0.1) is 6.04 Å². The van der Waals surface area contributed by atoms with Crippen LogP contribution in [0.1, 0.15) is 44.5 Å². The van der Waals surface area contributed by atoms with Crippen LogP contribution in [0.5, 0.6) is 0 Å². The molecule has 16 heavy (non-hydrogen) atoms. The molecule has 0 bridgehead atoms. The molecule has 1 saturated heterocycles. The fourth-order valence-electron chi connectivity index (χ4n) is 3.39. The zero-order valence-corrected chi connectivity index (χ0v) is 9.89. The largest absolute Gasteiger partial charge is 0.316 e. The third-order valence-corrected chi connectivity index (χ3v) is 4.13. The summed E-state index contributed by atoms with van der Waals surface area (Å²) in [6, 6.07) is 0.460. The van der Waals surface area contributed by atoms with Crippen LogP contribution in [-0.4, -0.2) is 21.3 Å². The Labute approximate surface area is 96.4 Å². The monoisotopic (exact) mass is 220 g/mol. The van der Waals surface area contributed by atoms with E-state index in [1.807, 2.05) is 6.33 Å². The zero-order valence-electron chi connectivity index (χ0n) is 9.89. The molecule has 4 heteroatoms. The van der Waals surface area contributed by atoms with Gasteiger partial charge in [0.1, 0.15) is 12.2 Å². The highest BCUT2D eigenvalue weighted by Gasteiger charge is 2.41. The quantitative estimate of drug-likeness (QED) is 0.844. The van der Waals surface area contributed by atoms with Crippen LogP contribution in [0.4, 0.5) is 0 Å². The average molecular weight is 220 g/mol. The minimum Gasteiger partial charge on any atom is -0.316 e. The van der Waals surface area contributed by atoms with Crippen LogP contribution in [0.25, 0.3) is 0 Å². The summed E-state index contributed by atoms with van der Waals surface area (Å²) < 4.78 is 2.22. The SMILES string of the molecule is CCCn1cnnc1C1NCC2CCCC21. The molecule has 1 aromatic rings. The van der Waals surface area contributed by atoms with E-state index in [2.05, 4.69) is 27.0 Å². The van der Waals surface area contributed by atoms with Crippen LogP contribution in [0.3, 0.4) is 0 Å². The summed E-state index contributed by atoms with van der Waals surface area (Å²) in [4.78, 5) is 0. The maximum Gasteiger partial charge on any atom is 0.150 e. The van der Waals surface area contributed by atoms with E-state index in [1.165, 1.54) is 25.8 Å². The highest BCUT2D eigenvalue weighted by Crippen LogP contribution is 2.43. The molecule has 0 radical (unpaired) electrons. The van der Waals surface area contributed by atoms with E-state index >= 15 is 0 Å². The van der Waals surface area contributed by atoms with Gasteiger partial charge in [-0.2, -0.15) is 0 Å². The Bertz CT molecular complexity index is 360. The molecule has 4 nitrogen and oxygen atoms in total. The lowest BCUT2D eigenvalue weighted by atomic mass is 9.93. The number of hydrogen-bond acceptors (Lipinski definition) is 3. The fourth-order valence-corrected chi connectivity index (χ4v) is 3.39. The van der Waals surface area contributed by atoms with E-state index < -0.39 is 0 Å². The van der Waals surface area contributed by atoms with Crippen molar-refractivity contribution in [1.29, 1.82) is 0 Å². The van der Waals surface area contributed by atoms with Crippen LogP contribution in [-0.2, 0) is 6.54 Å². The normalized spacial score (nSPS) is 33.2. The van der Waals surface area contributed by atoms with E-state index in [0.29, 0.717) is 6.04 Å². The first-order valence-electron chi connectivity index (χ1n) is 6.51. The molecule has 88 valence electrons. The Balaban J connectivity index is 1.83. The summed E-state index contributed by atoms with van der Waals surface area (Å²) in [5.41, 5.74) is 0. The van der Waals surface area contributed by atoms with Crippen molar-refractivity contribution in [2.75, 3.05) is 6.54 Å². The van der Waals surface area contributed by atoms with Crippen molar-refractivity contribution in [1.82, 2.24) is 20.1 Å². The van der Waals surface area contributed by atoms with Gasteiger partial charge < -0.3 is 9.88 Å². The summed E-state index contributed by atoms with van der Waals surface area (Å²) in [5, 5.41) is 12.0. The standard InChI is InChI=1S/C12H20N4/c1-2-6-16-8-14-15-12(16)11-10-5-3-4-9(10)7-13-11/h8-11,13H,2-7H2,1H3. The Kier molecular flexibility index (Phi) is 2.67. The second-order valence-electron chi connectivity index (χ2n) is 5.12. The average Bonchev–Trinajstić information content (AvgIpc) is 2.91. The number of hydrogen-bond donors (Lipinski definition) is 1. The first kappa shape index (κ1) is 10.3. The van der Waals surface area contributed by atoms with Crippen LogP contribution in [0.15, 0.2) is 6.33 Å². The molecule has 3 rings (SSSR count). The molecule has 1 aliphatic carbocycles. The molecule has 3 atom stereocenters. The van der Waals surface area contributed by atoms with Crippen LogP contribution < -0.4 is 5.32 Å². The van der Waals surface area contributed by atoms with Crippen molar-refractivity contribution in [3.8, 4) is 0 Å².